The number of ether oxygens (including phenoxy) is 1. The second-order valence-corrected chi connectivity index (χ2v) is 5.98. The second-order valence-electron chi connectivity index (χ2n) is 5.98. The van der Waals surface area contributed by atoms with E-state index in [0.717, 1.165) is 17.5 Å². The van der Waals surface area contributed by atoms with Crippen LogP contribution in [0.25, 0.3) is 10.9 Å². The molecule has 0 aliphatic carbocycles. The van der Waals surface area contributed by atoms with Crippen LogP contribution in [0.1, 0.15) is 18.1 Å². The highest BCUT2D eigenvalue weighted by atomic mass is 16.5. The van der Waals surface area contributed by atoms with Gasteiger partial charge in [-0.1, -0.05) is 30.3 Å². The number of carbonyl (C=O) groups excluding carboxylic acids is 1. The van der Waals surface area contributed by atoms with Crippen LogP contribution in [0.5, 0.6) is 5.75 Å². The molecule has 1 atom stereocenters. The Balaban J connectivity index is 1.51. The van der Waals surface area contributed by atoms with Crippen LogP contribution in [0.3, 0.4) is 0 Å². The maximum Gasteiger partial charge on any atom is 0.260 e. The van der Waals surface area contributed by atoms with Gasteiger partial charge in [-0.25, -0.2) is 0 Å². The molecule has 0 saturated carbocycles. The molecule has 3 rings (SSSR count). The Morgan fingerprint density at radius 3 is 2.88 bits per heavy atom. The Labute approximate surface area is 141 Å². The summed E-state index contributed by atoms with van der Waals surface area (Å²) in [6.45, 7) is 4.35. The van der Waals surface area contributed by atoms with Crippen molar-refractivity contribution in [1.82, 2.24) is 10.3 Å². The van der Waals surface area contributed by atoms with Crippen LogP contribution in [0.15, 0.2) is 54.7 Å². The van der Waals surface area contributed by atoms with E-state index in [0.29, 0.717) is 12.3 Å². The number of aromatic nitrogens is 1. The van der Waals surface area contributed by atoms with Crippen molar-refractivity contribution in [1.29, 1.82) is 0 Å². The van der Waals surface area contributed by atoms with Gasteiger partial charge in [0.2, 0.25) is 0 Å². The minimum atomic E-state index is -0.519. The Morgan fingerprint density at radius 2 is 2.04 bits per heavy atom. The number of rotatable bonds is 6. The number of benzene rings is 2. The summed E-state index contributed by atoms with van der Waals surface area (Å²) in [6, 6.07) is 15.9. The summed E-state index contributed by atoms with van der Waals surface area (Å²) in [5.74, 6) is 0.616. The predicted octanol–water partition coefficient (Wildman–Crippen LogP) is 3.60. The maximum atomic E-state index is 12.2. The summed E-state index contributed by atoms with van der Waals surface area (Å²) in [6.07, 6.45) is 2.27. The lowest BCUT2D eigenvalue weighted by Crippen LogP contribution is -2.37. The standard InChI is InChI=1S/C20H22N2O2/c1-14-6-5-7-17(12-14)24-15(2)20(23)21-11-10-16-13-22-19-9-4-3-8-18(16)19/h3-9,12-13,15,22H,10-11H2,1-2H3,(H,21,23). The van der Waals surface area contributed by atoms with Crippen molar-refractivity contribution < 1.29 is 9.53 Å². The highest BCUT2D eigenvalue weighted by Crippen LogP contribution is 2.18. The first-order valence-corrected chi connectivity index (χ1v) is 8.19. The van der Waals surface area contributed by atoms with Crippen molar-refractivity contribution in [2.75, 3.05) is 6.54 Å². The van der Waals surface area contributed by atoms with Gasteiger partial charge in [0.25, 0.3) is 5.91 Å². The van der Waals surface area contributed by atoms with E-state index in [2.05, 4.69) is 22.4 Å². The van der Waals surface area contributed by atoms with E-state index in [-0.39, 0.29) is 5.91 Å². The molecule has 3 aromatic rings. The lowest BCUT2D eigenvalue weighted by molar-refractivity contribution is -0.127. The number of carbonyl (C=O) groups is 1. The number of aromatic amines is 1. The third-order valence-electron chi connectivity index (χ3n) is 4.04. The van der Waals surface area contributed by atoms with Crippen LogP contribution >= 0.6 is 0 Å². The molecule has 1 amide bonds. The normalized spacial score (nSPS) is 12.1. The fraction of sp³-hybridized carbons (Fsp3) is 0.250. The first-order valence-electron chi connectivity index (χ1n) is 8.19. The van der Waals surface area contributed by atoms with Crippen molar-refractivity contribution in [2.45, 2.75) is 26.4 Å². The van der Waals surface area contributed by atoms with E-state index < -0.39 is 6.10 Å². The Kier molecular flexibility index (Phi) is 4.85. The quantitative estimate of drug-likeness (QED) is 0.728. The third-order valence-corrected chi connectivity index (χ3v) is 4.04. The molecular weight excluding hydrogens is 300 g/mol. The monoisotopic (exact) mass is 322 g/mol. The second kappa shape index (κ2) is 7.21. The number of nitrogens with one attached hydrogen (secondary N) is 2. The molecule has 1 heterocycles. The minimum absolute atomic E-state index is 0.101. The molecule has 4 nitrogen and oxygen atoms in total. The number of hydrogen-bond acceptors (Lipinski definition) is 2. The molecule has 2 aromatic carbocycles. The molecular formula is C20H22N2O2. The van der Waals surface area contributed by atoms with Crippen LogP contribution in [0, 0.1) is 6.92 Å². The van der Waals surface area contributed by atoms with E-state index >= 15 is 0 Å². The number of para-hydroxylation sites is 1. The zero-order chi connectivity index (χ0) is 16.9. The summed E-state index contributed by atoms with van der Waals surface area (Å²) in [4.78, 5) is 15.4. The van der Waals surface area contributed by atoms with Crippen LogP contribution in [0.4, 0.5) is 0 Å². The summed E-state index contributed by atoms with van der Waals surface area (Å²) in [7, 11) is 0. The largest absolute Gasteiger partial charge is 0.481 e. The smallest absolute Gasteiger partial charge is 0.260 e. The van der Waals surface area contributed by atoms with E-state index in [4.69, 9.17) is 4.74 Å². The van der Waals surface area contributed by atoms with Gasteiger partial charge >= 0.3 is 0 Å². The number of amides is 1. The molecule has 1 unspecified atom stereocenters. The topological polar surface area (TPSA) is 54.1 Å². The summed E-state index contributed by atoms with van der Waals surface area (Å²) >= 11 is 0. The van der Waals surface area contributed by atoms with E-state index in [9.17, 15) is 4.79 Å². The first kappa shape index (κ1) is 16.1. The van der Waals surface area contributed by atoms with Crippen molar-refractivity contribution in [3.63, 3.8) is 0 Å². The molecule has 2 N–H and O–H groups in total. The number of fused-ring (bicyclic) bond motifs is 1. The maximum absolute atomic E-state index is 12.2. The molecule has 0 fully saturated rings. The molecule has 1 aromatic heterocycles. The molecule has 0 aliphatic rings. The SMILES string of the molecule is Cc1cccc(OC(C)C(=O)NCCc2c[nH]c3ccccc23)c1. The number of aryl methyl sites for hydroxylation is 1. The lowest BCUT2D eigenvalue weighted by atomic mass is 10.1. The van der Waals surface area contributed by atoms with Gasteiger partial charge in [0.1, 0.15) is 5.75 Å². The molecule has 4 heteroatoms. The number of hydrogen-bond donors (Lipinski definition) is 2. The molecule has 0 bridgehead atoms. The highest BCUT2D eigenvalue weighted by molar-refractivity contribution is 5.83. The van der Waals surface area contributed by atoms with Crippen molar-refractivity contribution in [3.8, 4) is 5.75 Å². The molecule has 0 radical (unpaired) electrons. The van der Waals surface area contributed by atoms with Crippen molar-refractivity contribution >= 4 is 16.8 Å². The van der Waals surface area contributed by atoms with Gasteiger partial charge in [-0.15, -0.1) is 0 Å². The Hall–Kier alpha value is -2.75. The molecule has 0 spiro atoms. The van der Waals surface area contributed by atoms with Gasteiger partial charge < -0.3 is 15.0 Å². The van der Waals surface area contributed by atoms with Crippen LogP contribution in [0.2, 0.25) is 0 Å². The van der Waals surface area contributed by atoms with E-state index in [1.54, 1.807) is 6.92 Å². The Bertz CT molecular complexity index is 838. The minimum Gasteiger partial charge on any atom is -0.481 e. The first-order chi connectivity index (χ1) is 11.6. The highest BCUT2D eigenvalue weighted by Gasteiger charge is 2.14. The van der Waals surface area contributed by atoms with Crippen molar-refractivity contribution in [3.05, 3.63) is 65.9 Å². The fourth-order valence-corrected chi connectivity index (χ4v) is 2.75. The summed E-state index contributed by atoms with van der Waals surface area (Å²) in [5, 5.41) is 4.15. The average Bonchev–Trinajstić information content (AvgIpc) is 2.98. The molecule has 24 heavy (non-hydrogen) atoms. The molecule has 0 aliphatic heterocycles. The molecule has 124 valence electrons. The van der Waals surface area contributed by atoms with Gasteiger partial charge in [0.05, 0.1) is 0 Å². The van der Waals surface area contributed by atoms with Gasteiger partial charge in [0.15, 0.2) is 6.10 Å². The van der Waals surface area contributed by atoms with Crippen LogP contribution in [-0.2, 0) is 11.2 Å². The van der Waals surface area contributed by atoms with Crippen molar-refractivity contribution in [2.24, 2.45) is 0 Å². The van der Waals surface area contributed by atoms with Gasteiger partial charge in [-0.3, -0.25) is 4.79 Å². The van der Waals surface area contributed by atoms with E-state index in [1.807, 2.05) is 49.5 Å². The van der Waals surface area contributed by atoms with Crippen LogP contribution < -0.4 is 10.1 Å². The lowest BCUT2D eigenvalue weighted by Gasteiger charge is -2.15. The van der Waals surface area contributed by atoms with E-state index in [1.165, 1.54) is 10.9 Å². The average molecular weight is 322 g/mol. The summed E-state index contributed by atoms with van der Waals surface area (Å²) in [5.41, 5.74) is 3.44. The predicted molar refractivity (Wildman–Crippen MR) is 96.3 cm³/mol. The van der Waals surface area contributed by atoms with Gasteiger partial charge in [-0.05, 0) is 49.6 Å². The molecule has 0 saturated heterocycles. The third kappa shape index (κ3) is 3.77. The zero-order valence-corrected chi connectivity index (χ0v) is 14.0. The summed E-state index contributed by atoms with van der Waals surface area (Å²) < 4.78 is 5.70. The van der Waals surface area contributed by atoms with Gasteiger partial charge in [0, 0.05) is 23.6 Å². The van der Waals surface area contributed by atoms with Crippen LogP contribution in [-0.4, -0.2) is 23.5 Å². The fourth-order valence-electron chi connectivity index (χ4n) is 2.75. The Morgan fingerprint density at radius 1 is 1.21 bits per heavy atom. The zero-order valence-electron chi connectivity index (χ0n) is 14.0. The number of H-pyrrole nitrogens is 1. The van der Waals surface area contributed by atoms with Gasteiger partial charge in [-0.2, -0.15) is 0 Å².